The largest absolute Gasteiger partial charge is 0.444 e. The normalized spacial score (nSPS) is 29.2. The number of aliphatic hydroxyl groups excluding tert-OH is 1. The van der Waals surface area contributed by atoms with Gasteiger partial charge in [0.15, 0.2) is 0 Å². The minimum absolute atomic E-state index is 0.0898. The first kappa shape index (κ1) is 17.9. The Labute approximate surface area is 137 Å². The van der Waals surface area contributed by atoms with Gasteiger partial charge in [0, 0.05) is 18.5 Å². The second-order valence-corrected chi connectivity index (χ2v) is 8.81. The molecule has 0 bridgehead atoms. The van der Waals surface area contributed by atoms with E-state index in [-0.39, 0.29) is 12.7 Å². The Kier molecular flexibility index (Phi) is 5.34. The summed E-state index contributed by atoms with van der Waals surface area (Å²) >= 11 is 1.84. The average Bonchev–Trinajstić information content (AvgIpc) is 2.46. The van der Waals surface area contributed by atoms with Gasteiger partial charge in [0.05, 0.1) is 12.2 Å². The minimum atomic E-state index is -0.881. The molecule has 5 nitrogen and oxygen atoms in total. The first-order valence-corrected chi connectivity index (χ1v) is 9.26. The third-order valence-electron chi connectivity index (χ3n) is 4.84. The summed E-state index contributed by atoms with van der Waals surface area (Å²) < 4.78 is 5.45. The van der Waals surface area contributed by atoms with Crippen LogP contribution in [-0.4, -0.2) is 63.6 Å². The van der Waals surface area contributed by atoms with Crippen LogP contribution in [0.25, 0.3) is 0 Å². The lowest BCUT2D eigenvalue weighted by Gasteiger charge is -2.52. The van der Waals surface area contributed by atoms with Gasteiger partial charge in [-0.25, -0.2) is 4.79 Å². The van der Waals surface area contributed by atoms with E-state index in [2.05, 4.69) is 0 Å². The zero-order chi connectivity index (χ0) is 16.4. The molecule has 2 fully saturated rings. The van der Waals surface area contributed by atoms with Crippen LogP contribution in [0.2, 0.25) is 0 Å². The molecule has 0 aliphatic carbocycles. The molecule has 1 unspecified atom stereocenters. The van der Waals surface area contributed by atoms with Gasteiger partial charge in [0.1, 0.15) is 5.60 Å². The van der Waals surface area contributed by atoms with E-state index in [1.54, 1.807) is 4.90 Å². The molecule has 22 heavy (non-hydrogen) atoms. The molecule has 2 aliphatic rings. The Morgan fingerprint density at radius 1 is 1.27 bits per heavy atom. The van der Waals surface area contributed by atoms with Gasteiger partial charge < -0.3 is 19.8 Å². The number of carbonyl (C=O) groups is 1. The van der Waals surface area contributed by atoms with Crippen molar-refractivity contribution in [3.8, 4) is 0 Å². The van der Waals surface area contributed by atoms with Crippen LogP contribution in [0.1, 0.15) is 46.5 Å². The monoisotopic (exact) mass is 331 g/mol. The molecule has 0 saturated carbocycles. The van der Waals surface area contributed by atoms with Crippen molar-refractivity contribution in [2.75, 3.05) is 31.2 Å². The number of amides is 1. The fourth-order valence-electron chi connectivity index (χ4n) is 3.51. The Hall–Kier alpha value is -0.460. The van der Waals surface area contributed by atoms with Crippen molar-refractivity contribution >= 4 is 17.9 Å². The Bertz CT molecular complexity index is 403. The standard InChI is InChI=1S/C16H29NO4S/c1-14(2,3)21-13(19)17-8-4-5-15(11-17,12-18)16(20)6-9-22-10-7-16/h18,20H,4-12H2,1-3H3. The Morgan fingerprint density at radius 3 is 2.45 bits per heavy atom. The van der Waals surface area contributed by atoms with Crippen molar-refractivity contribution in [1.82, 2.24) is 4.90 Å². The number of piperidine rings is 1. The highest BCUT2D eigenvalue weighted by Gasteiger charge is 2.53. The van der Waals surface area contributed by atoms with Gasteiger partial charge in [-0.2, -0.15) is 11.8 Å². The summed E-state index contributed by atoms with van der Waals surface area (Å²) in [6, 6.07) is 0. The third-order valence-corrected chi connectivity index (χ3v) is 5.82. The van der Waals surface area contributed by atoms with E-state index in [9.17, 15) is 15.0 Å². The number of ether oxygens (including phenoxy) is 1. The Balaban J connectivity index is 2.14. The van der Waals surface area contributed by atoms with Crippen molar-refractivity contribution in [3.63, 3.8) is 0 Å². The molecule has 2 heterocycles. The van der Waals surface area contributed by atoms with Gasteiger partial charge in [-0.3, -0.25) is 0 Å². The number of hydrogen-bond acceptors (Lipinski definition) is 5. The molecule has 1 atom stereocenters. The summed E-state index contributed by atoms with van der Waals surface area (Å²) in [7, 11) is 0. The van der Waals surface area contributed by atoms with Crippen LogP contribution < -0.4 is 0 Å². The van der Waals surface area contributed by atoms with Gasteiger partial charge in [-0.05, 0) is 58.0 Å². The van der Waals surface area contributed by atoms with Gasteiger partial charge in [-0.1, -0.05) is 0 Å². The molecule has 6 heteroatoms. The van der Waals surface area contributed by atoms with E-state index in [4.69, 9.17) is 4.74 Å². The lowest BCUT2D eigenvalue weighted by atomic mass is 9.65. The van der Waals surface area contributed by atoms with Crippen LogP contribution in [0.4, 0.5) is 4.79 Å². The second kappa shape index (κ2) is 6.57. The third kappa shape index (κ3) is 3.71. The first-order valence-electron chi connectivity index (χ1n) is 8.10. The number of thioether (sulfide) groups is 1. The number of likely N-dealkylation sites (tertiary alicyclic amines) is 1. The highest BCUT2D eigenvalue weighted by atomic mass is 32.2. The first-order chi connectivity index (χ1) is 10.2. The number of nitrogens with zero attached hydrogens (tertiary/aromatic N) is 1. The molecular weight excluding hydrogens is 302 g/mol. The van der Waals surface area contributed by atoms with Crippen LogP contribution in [0.5, 0.6) is 0 Å². The molecular formula is C16H29NO4S. The quantitative estimate of drug-likeness (QED) is 0.812. The molecule has 0 aromatic heterocycles. The molecule has 0 spiro atoms. The maximum absolute atomic E-state index is 12.3. The van der Waals surface area contributed by atoms with Gasteiger partial charge in [0.25, 0.3) is 0 Å². The Morgan fingerprint density at radius 2 is 1.91 bits per heavy atom. The van der Waals surface area contributed by atoms with Crippen LogP contribution >= 0.6 is 11.8 Å². The molecule has 0 aromatic carbocycles. The fourth-order valence-corrected chi connectivity index (χ4v) is 4.68. The van der Waals surface area contributed by atoms with E-state index in [0.717, 1.165) is 24.3 Å². The molecule has 2 aliphatic heterocycles. The fraction of sp³-hybridized carbons (Fsp3) is 0.938. The van der Waals surface area contributed by atoms with Gasteiger partial charge in [-0.15, -0.1) is 0 Å². The number of rotatable bonds is 2. The van der Waals surface area contributed by atoms with Crippen molar-refractivity contribution in [1.29, 1.82) is 0 Å². The SMILES string of the molecule is CC(C)(C)OC(=O)N1CCCC(CO)(C2(O)CCSCC2)C1. The molecule has 0 radical (unpaired) electrons. The maximum atomic E-state index is 12.3. The van der Waals surface area contributed by atoms with Crippen molar-refractivity contribution in [3.05, 3.63) is 0 Å². The van der Waals surface area contributed by atoms with Gasteiger partial charge >= 0.3 is 6.09 Å². The molecule has 2 rings (SSSR count). The van der Waals surface area contributed by atoms with E-state index >= 15 is 0 Å². The van der Waals surface area contributed by atoms with E-state index in [1.807, 2.05) is 32.5 Å². The molecule has 2 N–H and O–H groups in total. The number of carbonyl (C=O) groups excluding carboxylic acids is 1. The van der Waals surface area contributed by atoms with E-state index in [1.165, 1.54) is 0 Å². The second-order valence-electron chi connectivity index (χ2n) is 7.59. The van der Waals surface area contributed by atoms with Crippen LogP contribution in [0.3, 0.4) is 0 Å². The highest BCUT2D eigenvalue weighted by Crippen LogP contribution is 2.46. The summed E-state index contributed by atoms with van der Waals surface area (Å²) in [4.78, 5) is 14.0. The zero-order valence-electron chi connectivity index (χ0n) is 13.9. The molecule has 1 amide bonds. The predicted octanol–water partition coefficient (Wildman–Crippen LogP) is 2.25. The smallest absolute Gasteiger partial charge is 0.410 e. The zero-order valence-corrected chi connectivity index (χ0v) is 14.7. The summed E-state index contributed by atoms with van der Waals surface area (Å²) in [6.45, 7) is 6.45. The molecule has 0 aromatic rings. The lowest BCUT2D eigenvalue weighted by Crippen LogP contribution is -2.61. The summed E-state index contributed by atoms with van der Waals surface area (Å²) in [5.41, 5.74) is -2.04. The lowest BCUT2D eigenvalue weighted by molar-refractivity contribution is -0.142. The van der Waals surface area contributed by atoms with Crippen molar-refractivity contribution < 1.29 is 19.7 Å². The van der Waals surface area contributed by atoms with Gasteiger partial charge in [0.2, 0.25) is 0 Å². The maximum Gasteiger partial charge on any atom is 0.410 e. The van der Waals surface area contributed by atoms with Crippen molar-refractivity contribution in [2.24, 2.45) is 5.41 Å². The summed E-state index contributed by atoms with van der Waals surface area (Å²) in [5, 5.41) is 21.2. The van der Waals surface area contributed by atoms with Crippen molar-refractivity contribution in [2.45, 2.75) is 57.7 Å². The average molecular weight is 331 g/mol. The van der Waals surface area contributed by atoms with Crippen LogP contribution in [0.15, 0.2) is 0 Å². The van der Waals surface area contributed by atoms with Crippen LogP contribution in [-0.2, 0) is 4.74 Å². The minimum Gasteiger partial charge on any atom is -0.444 e. The van der Waals surface area contributed by atoms with E-state index in [0.29, 0.717) is 25.9 Å². The number of hydrogen-bond donors (Lipinski definition) is 2. The summed E-state index contributed by atoms with van der Waals surface area (Å²) in [6.07, 6.45) is 2.55. The van der Waals surface area contributed by atoms with E-state index < -0.39 is 16.6 Å². The predicted molar refractivity (Wildman–Crippen MR) is 88.1 cm³/mol. The molecule has 2 saturated heterocycles. The topological polar surface area (TPSA) is 70.0 Å². The molecule has 128 valence electrons. The number of aliphatic hydroxyl groups is 2. The highest BCUT2D eigenvalue weighted by molar-refractivity contribution is 7.99. The summed E-state index contributed by atoms with van der Waals surface area (Å²) in [5.74, 6) is 1.81. The van der Waals surface area contributed by atoms with Crippen LogP contribution in [0, 0.1) is 5.41 Å².